The molecule has 1 N–H and O–H groups in total. The molecule has 3 aromatic carbocycles. The van der Waals surface area contributed by atoms with Gasteiger partial charge in [-0.2, -0.15) is 0 Å². The Morgan fingerprint density at radius 2 is 1.42 bits per heavy atom. The van der Waals surface area contributed by atoms with E-state index >= 15 is 0 Å². The van der Waals surface area contributed by atoms with E-state index in [1.54, 1.807) is 13.2 Å². The molecular formula is C21H20O3. The highest BCUT2D eigenvalue weighted by atomic mass is 16.7. The summed E-state index contributed by atoms with van der Waals surface area (Å²) in [5.74, 6) is 0.995. The van der Waals surface area contributed by atoms with Crippen LogP contribution in [0.25, 0.3) is 22.3 Å². The van der Waals surface area contributed by atoms with Crippen LogP contribution in [0.4, 0.5) is 0 Å². The molecule has 0 radical (unpaired) electrons. The Morgan fingerprint density at radius 1 is 0.792 bits per heavy atom. The Labute approximate surface area is 142 Å². The van der Waals surface area contributed by atoms with E-state index < -0.39 is 0 Å². The van der Waals surface area contributed by atoms with Crippen LogP contribution in [0.2, 0.25) is 0 Å². The van der Waals surface area contributed by atoms with Crippen LogP contribution in [0.15, 0.2) is 66.7 Å². The van der Waals surface area contributed by atoms with Crippen molar-refractivity contribution in [3.05, 3.63) is 72.3 Å². The topological polar surface area (TPSA) is 38.7 Å². The SMILES string of the molecule is COCOc1ccc(-c2ccc(-c3ccc(C)cc3)cc2O)cc1. The van der Waals surface area contributed by atoms with Gasteiger partial charge in [0.25, 0.3) is 0 Å². The summed E-state index contributed by atoms with van der Waals surface area (Å²) < 4.78 is 10.3. The Hall–Kier alpha value is -2.78. The minimum Gasteiger partial charge on any atom is -0.507 e. The van der Waals surface area contributed by atoms with Gasteiger partial charge in [0.1, 0.15) is 11.5 Å². The quantitative estimate of drug-likeness (QED) is 0.671. The maximum Gasteiger partial charge on any atom is 0.188 e. The number of ether oxygens (including phenoxy) is 2. The van der Waals surface area contributed by atoms with Crippen LogP contribution in [-0.2, 0) is 4.74 Å². The summed E-state index contributed by atoms with van der Waals surface area (Å²) in [6.45, 7) is 2.28. The van der Waals surface area contributed by atoms with Crippen molar-refractivity contribution in [1.82, 2.24) is 0 Å². The van der Waals surface area contributed by atoms with Gasteiger partial charge in [0.15, 0.2) is 6.79 Å². The van der Waals surface area contributed by atoms with Crippen molar-refractivity contribution < 1.29 is 14.6 Å². The Morgan fingerprint density at radius 3 is 2.04 bits per heavy atom. The zero-order valence-electron chi connectivity index (χ0n) is 13.8. The lowest BCUT2D eigenvalue weighted by atomic mass is 9.98. The van der Waals surface area contributed by atoms with Crippen LogP contribution >= 0.6 is 0 Å². The lowest BCUT2D eigenvalue weighted by Crippen LogP contribution is -1.98. The van der Waals surface area contributed by atoms with E-state index in [9.17, 15) is 5.11 Å². The zero-order valence-corrected chi connectivity index (χ0v) is 13.8. The number of aromatic hydroxyl groups is 1. The van der Waals surface area contributed by atoms with Crippen molar-refractivity contribution in [1.29, 1.82) is 0 Å². The van der Waals surface area contributed by atoms with Gasteiger partial charge in [-0.25, -0.2) is 0 Å². The summed E-state index contributed by atoms with van der Waals surface area (Å²) in [6.07, 6.45) is 0. The number of phenolic OH excluding ortho intramolecular Hbond substituents is 1. The predicted octanol–water partition coefficient (Wildman–Crippen LogP) is 5.02. The first-order valence-electron chi connectivity index (χ1n) is 7.79. The molecule has 0 fully saturated rings. The molecule has 0 atom stereocenters. The summed E-state index contributed by atoms with van der Waals surface area (Å²) in [5, 5.41) is 10.4. The Balaban J connectivity index is 1.85. The molecule has 0 bridgehead atoms. The monoisotopic (exact) mass is 320 g/mol. The molecule has 3 rings (SSSR count). The van der Waals surface area contributed by atoms with E-state index in [-0.39, 0.29) is 12.5 Å². The van der Waals surface area contributed by atoms with E-state index in [0.717, 1.165) is 28.0 Å². The maximum atomic E-state index is 10.4. The van der Waals surface area contributed by atoms with Crippen LogP contribution in [0.1, 0.15) is 5.56 Å². The fraction of sp³-hybridized carbons (Fsp3) is 0.143. The summed E-state index contributed by atoms with van der Waals surface area (Å²) in [7, 11) is 1.59. The minimum absolute atomic E-state index is 0.218. The van der Waals surface area contributed by atoms with Gasteiger partial charge in [-0.1, -0.05) is 54.1 Å². The molecular weight excluding hydrogens is 300 g/mol. The van der Waals surface area contributed by atoms with Crippen molar-refractivity contribution >= 4 is 0 Å². The molecule has 0 heterocycles. The number of methoxy groups -OCH3 is 1. The highest BCUT2D eigenvalue weighted by molar-refractivity contribution is 5.76. The van der Waals surface area contributed by atoms with E-state index in [0.29, 0.717) is 0 Å². The molecule has 122 valence electrons. The molecule has 0 spiro atoms. The molecule has 0 unspecified atom stereocenters. The molecule has 0 saturated heterocycles. The molecule has 0 aliphatic heterocycles. The van der Waals surface area contributed by atoms with Crippen molar-refractivity contribution in [2.24, 2.45) is 0 Å². The molecule has 3 aromatic rings. The van der Waals surface area contributed by atoms with Gasteiger partial charge in [-0.05, 0) is 41.8 Å². The first kappa shape index (κ1) is 16.1. The third kappa shape index (κ3) is 3.58. The van der Waals surface area contributed by atoms with E-state index in [1.165, 1.54) is 5.56 Å². The van der Waals surface area contributed by atoms with Gasteiger partial charge in [0, 0.05) is 12.7 Å². The fourth-order valence-electron chi connectivity index (χ4n) is 2.56. The summed E-state index contributed by atoms with van der Waals surface area (Å²) in [6, 6.07) is 21.6. The largest absolute Gasteiger partial charge is 0.507 e. The van der Waals surface area contributed by atoms with Gasteiger partial charge < -0.3 is 14.6 Å². The highest BCUT2D eigenvalue weighted by Gasteiger charge is 2.07. The van der Waals surface area contributed by atoms with Crippen LogP contribution in [0.5, 0.6) is 11.5 Å². The molecule has 0 saturated carbocycles. The highest BCUT2D eigenvalue weighted by Crippen LogP contribution is 2.34. The van der Waals surface area contributed by atoms with Gasteiger partial charge in [0.2, 0.25) is 0 Å². The smallest absolute Gasteiger partial charge is 0.188 e. The molecule has 24 heavy (non-hydrogen) atoms. The number of rotatable bonds is 5. The lowest BCUT2D eigenvalue weighted by Gasteiger charge is -2.10. The molecule has 3 nitrogen and oxygen atoms in total. The number of hydrogen-bond acceptors (Lipinski definition) is 3. The second kappa shape index (κ2) is 7.20. The average molecular weight is 320 g/mol. The Bertz CT molecular complexity index is 805. The normalized spacial score (nSPS) is 10.6. The third-order valence-electron chi connectivity index (χ3n) is 3.89. The Kier molecular flexibility index (Phi) is 4.82. The number of benzene rings is 3. The fourth-order valence-corrected chi connectivity index (χ4v) is 2.56. The molecule has 0 aliphatic carbocycles. The minimum atomic E-state index is 0.218. The van der Waals surface area contributed by atoms with Gasteiger partial charge in [0.05, 0.1) is 0 Å². The summed E-state index contributed by atoms with van der Waals surface area (Å²) in [4.78, 5) is 0. The summed E-state index contributed by atoms with van der Waals surface area (Å²) in [5.41, 5.74) is 5.04. The second-order valence-electron chi connectivity index (χ2n) is 5.67. The van der Waals surface area contributed by atoms with Crippen LogP contribution in [0, 0.1) is 6.92 Å². The molecule has 0 aromatic heterocycles. The number of phenols is 1. The first-order chi connectivity index (χ1) is 11.7. The molecule has 3 heteroatoms. The number of aryl methyl sites for hydroxylation is 1. The lowest BCUT2D eigenvalue weighted by molar-refractivity contribution is 0.0511. The van der Waals surface area contributed by atoms with Gasteiger partial charge in [-0.3, -0.25) is 0 Å². The van der Waals surface area contributed by atoms with Crippen molar-refractivity contribution in [2.45, 2.75) is 6.92 Å². The van der Waals surface area contributed by atoms with E-state index in [1.807, 2.05) is 36.4 Å². The van der Waals surface area contributed by atoms with Crippen LogP contribution in [-0.4, -0.2) is 19.0 Å². The van der Waals surface area contributed by atoms with Crippen molar-refractivity contribution in [3.63, 3.8) is 0 Å². The zero-order chi connectivity index (χ0) is 16.9. The molecule has 0 aliphatic rings. The van der Waals surface area contributed by atoms with Crippen molar-refractivity contribution in [3.8, 4) is 33.8 Å². The first-order valence-corrected chi connectivity index (χ1v) is 7.79. The van der Waals surface area contributed by atoms with Gasteiger partial charge >= 0.3 is 0 Å². The molecule has 0 amide bonds. The van der Waals surface area contributed by atoms with Crippen LogP contribution in [0.3, 0.4) is 0 Å². The second-order valence-corrected chi connectivity index (χ2v) is 5.67. The van der Waals surface area contributed by atoms with Crippen LogP contribution < -0.4 is 4.74 Å². The number of hydrogen-bond donors (Lipinski definition) is 1. The van der Waals surface area contributed by atoms with Crippen molar-refractivity contribution in [2.75, 3.05) is 13.9 Å². The average Bonchev–Trinajstić information content (AvgIpc) is 2.61. The predicted molar refractivity (Wildman–Crippen MR) is 96.2 cm³/mol. The van der Waals surface area contributed by atoms with E-state index in [2.05, 4.69) is 31.2 Å². The maximum absolute atomic E-state index is 10.4. The standard InChI is InChI=1S/C21H20O3/c1-15-3-5-16(6-4-15)18-9-12-20(21(22)13-18)17-7-10-19(11-8-17)24-14-23-2/h3-13,22H,14H2,1-2H3. The summed E-state index contributed by atoms with van der Waals surface area (Å²) >= 11 is 0. The van der Waals surface area contributed by atoms with Gasteiger partial charge in [-0.15, -0.1) is 0 Å². The van der Waals surface area contributed by atoms with E-state index in [4.69, 9.17) is 9.47 Å². The third-order valence-corrected chi connectivity index (χ3v) is 3.89.